The summed E-state index contributed by atoms with van der Waals surface area (Å²) in [5, 5.41) is 0. The van der Waals surface area contributed by atoms with E-state index in [9.17, 15) is 13.2 Å². The molecule has 0 saturated heterocycles. The molecule has 1 amide bonds. The minimum atomic E-state index is -3.61. The Morgan fingerprint density at radius 2 is 2.00 bits per heavy atom. The first kappa shape index (κ1) is 16.9. The van der Waals surface area contributed by atoms with E-state index in [4.69, 9.17) is 4.84 Å². The van der Waals surface area contributed by atoms with E-state index in [1.807, 2.05) is 0 Å². The van der Waals surface area contributed by atoms with Gasteiger partial charge in [0.1, 0.15) is 11.9 Å². The van der Waals surface area contributed by atoms with Crippen molar-refractivity contribution in [3.8, 4) is 0 Å². The van der Waals surface area contributed by atoms with Crippen LogP contribution in [-0.4, -0.2) is 33.3 Å². The van der Waals surface area contributed by atoms with E-state index >= 15 is 0 Å². The highest BCUT2D eigenvalue weighted by atomic mass is 32.2. The molecule has 0 bridgehead atoms. The van der Waals surface area contributed by atoms with Gasteiger partial charge in [0, 0.05) is 5.56 Å². The Morgan fingerprint density at radius 3 is 2.71 bits per heavy atom. The molecule has 0 radical (unpaired) electrons. The van der Waals surface area contributed by atoms with Crippen molar-refractivity contribution in [1.29, 1.82) is 0 Å². The Hall–Kier alpha value is -1.93. The van der Waals surface area contributed by atoms with Crippen LogP contribution in [0.1, 0.15) is 37.7 Å². The van der Waals surface area contributed by atoms with Gasteiger partial charge in [-0.1, -0.05) is 31.4 Å². The fourth-order valence-electron chi connectivity index (χ4n) is 3.36. The van der Waals surface area contributed by atoms with Crippen LogP contribution in [0, 0.1) is 5.92 Å². The minimum absolute atomic E-state index is 0.0821. The third-order valence-corrected chi connectivity index (χ3v) is 5.90. The van der Waals surface area contributed by atoms with Crippen LogP contribution in [0.5, 0.6) is 0 Å². The lowest BCUT2D eigenvalue weighted by Gasteiger charge is -2.26. The molecule has 1 atom stereocenters. The normalized spacial score (nSPS) is 22.6. The zero-order chi connectivity index (χ0) is 17.2. The van der Waals surface area contributed by atoms with Crippen molar-refractivity contribution in [3.05, 3.63) is 29.8 Å². The summed E-state index contributed by atoms with van der Waals surface area (Å²) in [6.45, 7) is 0. The van der Waals surface area contributed by atoms with Gasteiger partial charge in [-0.25, -0.2) is 13.9 Å². The number of amides is 1. The van der Waals surface area contributed by atoms with E-state index in [1.165, 1.54) is 13.2 Å². The average molecular weight is 351 g/mol. The molecule has 1 aliphatic carbocycles. The van der Waals surface area contributed by atoms with Gasteiger partial charge in [-0.2, -0.15) is 0 Å². The molecule has 1 saturated carbocycles. The molecular weight excluding hydrogens is 330 g/mol. The van der Waals surface area contributed by atoms with Gasteiger partial charge in [0.25, 0.3) is 15.9 Å². The molecule has 24 heavy (non-hydrogen) atoms. The van der Waals surface area contributed by atoms with Crippen molar-refractivity contribution >= 4 is 21.8 Å². The van der Waals surface area contributed by atoms with E-state index in [1.54, 1.807) is 18.2 Å². The number of nitrogens with one attached hydrogen (secondary N) is 2. The molecule has 1 unspecified atom stereocenters. The second-order valence-electron chi connectivity index (χ2n) is 6.09. The van der Waals surface area contributed by atoms with Gasteiger partial charge in [-0.15, -0.1) is 0 Å². The number of benzene rings is 1. The second-order valence-corrected chi connectivity index (χ2v) is 7.74. The summed E-state index contributed by atoms with van der Waals surface area (Å²) in [6.07, 6.45) is 5.05. The fourth-order valence-corrected chi connectivity index (χ4v) is 4.60. The second kappa shape index (κ2) is 6.90. The van der Waals surface area contributed by atoms with Crippen LogP contribution in [0.15, 0.2) is 34.2 Å². The van der Waals surface area contributed by atoms with Crippen molar-refractivity contribution in [2.45, 2.75) is 43.0 Å². The van der Waals surface area contributed by atoms with E-state index < -0.39 is 16.1 Å². The Balaban J connectivity index is 1.97. The number of carbonyl (C=O) groups excluding carboxylic acids is 1. The number of carbonyl (C=O) groups is 1. The molecule has 8 heteroatoms. The van der Waals surface area contributed by atoms with Crippen molar-refractivity contribution in [2.24, 2.45) is 10.9 Å². The highest BCUT2D eigenvalue weighted by Gasteiger charge is 2.34. The van der Waals surface area contributed by atoms with Crippen molar-refractivity contribution in [2.75, 3.05) is 7.11 Å². The lowest BCUT2D eigenvalue weighted by atomic mass is 9.84. The number of amidine groups is 1. The topological polar surface area (TPSA) is 96.9 Å². The van der Waals surface area contributed by atoms with Crippen LogP contribution < -0.4 is 10.2 Å². The number of rotatable bonds is 4. The summed E-state index contributed by atoms with van der Waals surface area (Å²) in [5.41, 5.74) is 2.84. The van der Waals surface area contributed by atoms with Gasteiger partial charge >= 0.3 is 0 Å². The standard InChI is InChI=1S/C16H21N3O4S/c1-23-18-16(20)14(11-7-3-2-4-8-11)17-15-12-9-5-6-10-13(12)24(21,22)19-15/h5-6,9-11,14H,2-4,7-8H2,1H3,(H,17,19)(H,18,20). The maximum Gasteiger partial charge on any atom is 0.268 e. The predicted octanol–water partition coefficient (Wildman–Crippen LogP) is 1.35. The highest BCUT2D eigenvalue weighted by molar-refractivity contribution is 7.90. The van der Waals surface area contributed by atoms with Gasteiger partial charge in [-0.05, 0) is 30.9 Å². The van der Waals surface area contributed by atoms with E-state index in [0.717, 1.165) is 32.1 Å². The van der Waals surface area contributed by atoms with Crippen LogP contribution >= 0.6 is 0 Å². The molecule has 7 nitrogen and oxygen atoms in total. The monoisotopic (exact) mass is 351 g/mol. The van der Waals surface area contributed by atoms with Gasteiger partial charge in [0.15, 0.2) is 0 Å². The molecule has 1 fully saturated rings. The molecule has 130 valence electrons. The van der Waals surface area contributed by atoms with Crippen molar-refractivity contribution in [1.82, 2.24) is 10.2 Å². The van der Waals surface area contributed by atoms with E-state index in [-0.39, 0.29) is 22.6 Å². The van der Waals surface area contributed by atoms with Crippen LogP contribution in [0.2, 0.25) is 0 Å². The molecule has 1 aromatic rings. The summed E-state index contributed by atoms with van der Waals surface area (Å²) in [7, 11) is -2.24. The first-order valence-corrected chi connectivity index (χ1v) is 9.54. The summed E-state index contributed by atoms with van der Waals surface area (Å²) in [4.78, 5) is 21.8. The molecule has 2 aliphatic rings. The molecule has 3 rings (SSSR count). The van der Waals surface area contributed by atoms with Crippen LogP contribution in [0.3, 0.4) is 0 Å². The number of nitrogens with zero attached hydrogens (tertiary/aromatic N) is 1. The summed E-state index contributed by atoms with van der Waals surface area (Å²) in [6, 6.07) is 5.97. The number of sulfonamides is 1. The minimum Gasteiger partial charge on any atom is -0.277 e. The highest BCUT2D eigenvalue weighted by Crippen LogP contribution is 2.30. The van der Waals surface area contributed by atoms with E-state index in [0.29, 0.717) is 5.56 Å². The maximum atomic E-state index is 12.4. The summed E-state index contributed by atoms with van der Waals surface area (Å²) < 4.78 is 26.9. The third-order valence-electron chi connectivity index (χ3n) is 4.50. The smallest absolute Gasteiger partial charge is 0.268 e. The largest absolute Gasteiger partial charge is 0.277 e. The molecule has 1 aromatic carbocycles. The van der Waals surface area contributed by atoms with Crippen molar-refractivity contribution < 1.29 is 18.0 Å². The number of hydrogen-bond donors (Lipinski definition) is 2. The first-order chi connectivity index (χ1) is 11.5. The SMILES string of the molecule is CONC(=O)C(N=C1NS(=O)(=O)c2ccccc21)C1CCCCC1. The summed E-state index contributed by atoms with van der Waals surface area (Å²) >= 11 is 0. The molecule has 1 heterocycles. The lowest BCUT2D eigenvalue weighted by molar-refractivity contribution is -0.134. The molecule has 1 aliphatic heterocycles. The molecule has 2 N–H and O–H groups in total. The predicted molar refractivity (Wildman–Crippen MR) is 88.8 cm³/mol. The molecule has 0 spiro atoms. The average Bonchev–Trinajstić information content (AvgIpc) is 2.85. The Kier molecular flexibility index (Phi) is 4.86. The van der Waals surface area contributed by atoms with Crippen LogP contribution in [-0.2, 0) is 19.7 Å². The molecule has 0 aromatic heterocycles. The molecular formula is C16H21N3O4S. The first-order valence-electron chi connectivity index (χ1n) is 8.06. The number of hydrogen-bond acceptors (Lipinski definition) is 5. The van der Waals surface area contributed by atoms with Gasteiger partial charge in [0.2, 0.25) is 0 Å². The van der Waals surface area contributed by atoms with Crippen LogP contribution in [0.25, 0.3) is 0 Å². The Morgan fingerprint density at radius 1 is 1.29 bits per heavy atom. The zero-order valence-electron chi connectivity index (χ0n) is 13.5. The van der Waals surface area contributed by atoms with Crippen molar-refractivity contribution in [3.63, 3.8) is 0 Å². The lowest BCUT2D eigenvalue weighted by Crippen LogP contribution is -2.40. The zero-order valence-corrected chi connectivity index (χ0v) is 14.3. The van der Waals surface area contributed by atoms with Gasteiger partial charge in [0.05, 0.1) is 12.0 Å². The van der Waals surface area contributed by atoms with E-state index in [2.05, 4.69) is 15.2 Å². The Bertz CT molecular complexity index is 754. The number of fused-ring (bicyclic) bond motifs is 1. The van der Waals surface area contributed by atoms with Gasteiger partial charge in [-0.3, -0.25) is 19.3 Å². The Labute approximate surface area is 141 Å². The van der Waals surface area contributed by atoms with Gasteiger partial charge < -0.3 is 0 Å². The fraction of sp³-hybridized carbons (Fsp3) is 0.500. The van der Waals surface area contributed by atoms with Crippen LogP contribution in [0.4, 0.5) is 0 Å². The quantitative estimate of drug-likeness (QED) is 0.800. The maximum absolute atomic E-state index is 12.4. The number of hydroxylamine groups is 1. The summed E-state index contributed by atoms with van der Waals surface area (Å²) in [5.74, 6) is -0.0356. The number of aliphatic imine (C=N–C) groups is 1. The third kappa shape index (κ3) is 3.29.